The molecule has 0 unspecified atom stereocenters. The molecule has 4 nitrogen and oxygen atoms in total. The molecule has 4 aliphatic carbocycles. The van der Waals surface area contributed by atoms with Crippen molar-refractivity contribution < 1.29 is 4.79 Å². The van der Waals surface area contributed by atoms with Crippen molar-refractivity contribution in [1.29, 1.82) is 0 Å². The highest BCUT2D eigenvalue weighted by atomic mass is 32.1. The van der Waals surface area contributed by atoms with Gasteiger partial charge in [-0.3, -0.25) is 9.78 Å². The molecule has 6 rings (SSSR count). The second kappa shape index (κ2) is 6.45. The van der Waals surface area contributed by atoms with E-state index in [1.807, 2.05) is 12.1 Å². The average molecular weight is 368 g/mol. The van der Waals surface area contributed by atoms with E-state index in [0.29, 0.717) is 12.5 Å². The fraction of sp³-hybridized carbons (Fsp3) is 0.571. The lowest BCUT2D eigenvalue weighted by Crippen LogP contribution is -2.53. The summed E-state index contributed by atoms with van der Waals surface area (Å²) in [5.41, 5.74) is 2.13. The molecule has 1 amide bonds. The normalized spacial score (nSPS) is 31.9. The van der Waals surface area contributed by atoms with Crippen LogP contribution in [-0.4, -0.2) is 22.4 Å². The number of pyridine rings is 1. The SMILES string of the molecule is O=C(NCCc1csc(-c2ccncc2)n1)C12CC3CC(CC(C3)C1)C2. The summed E-state index contributed by atoms with van der Waals surface area (Å²) < 4.78 is 0. The molecular weight excluding hydrogens is 342 g/mol. The van der Waals surface area contributed by atoms with Crippen LogP contribution >= 0.6 is 11.3 Å². The zero-order valence-corrected chi connectivity index (χ0v) is 15.8. The first-order valence-corrected chi connectivity index (χ1v) is 10.7. The minimum Gasteiger partial charge on any atom is -0.355 e. The van der Waals surface area contributed by atoms with Crippen molar-refractivity contribution in [1.82, 2.24) is 15.3 Å². The Hall–Kier alpha value is -1.75. The van der Waals surface area contributed by atoms with Gasteiger partial charge in [0, 0.05) is 41.7 Å². The third-order valence-corrected chi connectivity index (χ3v) is 7.61. The Labute approximate surface area is 158 Å². The quantitative estimate of drug-likeness (QED) is 0.866. The summed E-state index contributed by atoms with van der Waals surface area (Å²) in [4.78, 5) is 21.7. The van der Waals surface area contributed by atoms with Crippen molar-refractivity contribution in [2.75, 3.05) is 6.54 Å². The van der Waals surface area contributed by atoms with Crippen LogP contribution in [0.4, 0.5) is 0 Å². The first-order valence-electron chi connectivity index (χ1n) is 9.83. The molecule has 0 radical (unpaired) electrons. The van der Waals surface area contributed by atoms with Gasteiger partial charge in [0.1, 0.15) is 5.01 Å². The van der Waals surface area contributed by atoms with Gasteiger partial charge < -0.3 is 5.32 Å². The summed E-state index contributed by atoms with van der Waals surface area (Å²) in [6.07, 6.45) is 11.9. The molecule has 2 aromatic rings. The zero-order chi connectivity index (χ0) is 17.6. The number of nitrogens with one attached hydrogen (secondary N) is 1. The Morgan fingerprint density at radius 2 is 1.77 bits per heavy atom. The summed E-state index contributed by atoms with van der Waals surface area (Å²) in [6.45, 7) is 0.695. The first-order chi connectivity index (χ1) is 12.7. The van der Waals surface area contributed by atoms with E-state index in [2.05, 4.69) is 15.7 Å². The Morgan fingerprint density at radius 1 is 1.12 bits per heavy atom. The van der Waals surface area contributed by atoms with Crippen LogP contribution in [0.5, 0.6) is 0 Å². The maximum absolute atomic E-state index is 13.0. The summed E-state index contributed by atoms with van der Waals surface area (Å²) in [5, 5.41) is 6.38. The number of thiazole rings is 1. The Balaban J connectivity index is 1.19. The lowest BCUT2D eigenvalue weighted by Gasteiger charge is -2.55. The van der Waals surface area contributed by atoms with E-state index in [1.54, 1.807) is 23.7 Å². The van der Waals surface area contributed by atoms with E-state index >= 15 is 0 Å². The molecule has 0 atom stereocenters. The van der Waals surface area contributed by atoms with E-state index in [0.717, 1.165) is 59.7 Å². The predicted molar refractivity (Wildman–Crippen MR) is 103 cm³/mol. The Kier molecular flexibility index (Phi) is 4.07. The van der Waals surface area contributed by atoms with Gasteiger partial charge in [0.05, 0.1) is 5.69 Å². The molecule has 4 saturated carbocycles. The highest BCUT2D eigenvalue weighted by Gasteiger charge is 2.54. The van der Waals surface area contributed by atoms with Crippen LogP contribution < -0.4 is 5.32 Å². The molecule has 0 aliphatic heterocycles. The largest absolute Gasteiger partial charge is 0.355 e. The molecule has 2 heterocycles. The number of carbonyl (C=O) groups is 1. The highest BCUT2D eigenvalue weighted by molar-refractivity contribution is 7.13. The van der Waals surface area contributed by atoms with Crippen LogP contribution in [0.3, 0.4) is 0 Å². The van der Waals surface area contributed by atoms with Crippen LogP contribution in [0.1, 0.15) is 44.2 Å². The van der Waals surface area contributed by atoms with Gasteiger partial charge in [-0.2, -0.15) is 0 Å². The molecule has 26 heavy (non-hydrogen) atoms. The van der Waals surface area contributed by atoms with Crippen molar-refractivity contribution in [2.24, 2.45) is 23.2 Å². The summed E-state index contributed by atoms with van der Waals surface area (Å²) in [6, 6.07) is 3.97. The molecule has 2 aromatic heterocycles. The summed E-state index contributed by atoms with van der Waals surface area (Å²) in [7, 11) is 0. The third kappa shape index (κ3) is 2.96. The molecule has 0 spiro atoms. The van der Waals surface area contributed by atoms with Crippen molar-refractivity contribution in [2.45, 2.75) is 44.9 Å². The summed E-state index contributed by atoms with van der Waals surface area (Å²) in [5.74, 6) is 2.76. The third-order valence-electron chi connectivity index (χ3n) is 6.67. The zero-order valence-electron chi connectivity index (χ0n) is 15.0. The number of amides is 1. The molecular formula is C21H25N3OS. The monoisotopic (exact) mass is 367 g/mol. The maximum atomic E-state index is 13.0. The van der Waals surface area contributed by atoms with E-state index in [4.69, 9.17) is 4.98 Å². The Morgan fingerprint density at radius 3 is 2.42 bits per heavy atom. The van der Waals surface area contributed by atoms with Gasteiger partial charge in [-0.05, 0) is 68.4 Å². The van der Waals surface area contributed by atoms with Gasteiger partial charge in [0.2, 0.25) is 5.91 Å². The predicted octanol–water partition coefficient (Wildman–Crippen LogP) is 4.08. The van der Waals surface area contributed by atoms with Crippen molar-refractivity contribution in [3.05, 3.63) is 35.6 Å². The van der Waals surface area contributed by atoms with Gasteiger partial charge in [0.15, 0.2) is 0 Å². The number of hydrogen-bond donors (Lipinski definition) is 1. The van der Waals surface area contributed by atoms with Crippen molar-refractivity contribution >= 4 is 17.2 Å². The molecule has 5 heteroatoms. The van der Waals surface area contributed by atoms with Gasteiger partial charge in [-0.1, -0.05) is 0 Å². The van der Waals surface area contributed by atoms with Gasteiger partial charge in [-0.25, -0.2) is 4.98 Å². The molecule has 0 saturated heterocycles. The highest BCUT2D eigenvalue weighted by Crippen LogP contribution is 2.60. The lowest BCUT2D eigenvalue weighted by molar-refractivity contribution is -0.146. The molecule has 4 aliphatic rings. The average Bonchev–Trinajstić information content (AvgIpc) is 3.10. The molecule has 4 fully saturated rings. The van der Waals surface area contributed by atoms with Crippen molar-refractivity contribution in [3.8, 4) is 10.6 Å². The van der Waals surface area contributed by atoms with Crippen LogP contribution in [0.2, 0.25) is 0 Å². The van der Waals surface area contributed by atoms with E-state index in [-0.39, 0.29) is 5.41 Å². The summed E-state index contributed by atoms with van der Waals surface area (Å²) >= 11 is 1.66. The fourth-order valence-electron chi connectivity index (χ4n) is 5.93. The number of carbonyl (C=O) groups excluding carboxylic acids is 1. The van der Waals surface area contributed by atoms with Crippen LogP contribution in [-0.2, 0) is 11.2 Å². The number of nitrogens with zero attached hydrogens (tertiary/aromatic N) is 2. The molecule has 4 bridgehead atoms. The fourth-order valence-corrected chi connectivity index (χ4v) is 6.79. The van der Waals surface area contributed by atoms with Crippen molar-refractivity contribution in [3.63, 3.8) is 0 Å². The molecule has 0 aromatic carbocycles. The van der Waals surface area contributed by atoms with Gasteiger partial charge in [0.25, 0.3) is 0 Å². The number of rotatable bonds is 5. The molecule has 1 N–H and O–H groups in total. The van der Waals surface area contributed by atoms with E-state index < -0.39 is 0 Å². The minimum absolute atomic E-state index is 0.0426. The van der Waals surface area contributed by atoms with Crippen LogP contribution in [0.15, 0.2) is 29.9 Å². The second-order valence-electron chi connectivity index (χ2n) is 8.58. The maximum Gasteiger partial charge on any atom is 0.226 e. The van der Waals surface area contributed by atoms with Crippen LogP contribution in [0.25, 0.3) is 10.6 Å². The van der Waals surface area contributed by atoms with Crippen LogP contribution in [0, 0.1) is 23.2 Å². The smallest absolute Gasteiger partial charge is 0.226 e. The lowest BCUT2D eigenvalue weighted by atomic mass is 9.49. The topological polar surface area (TPSA) is 54.9 Å². The van der Waals surface area contributed by atoms with Gasteiger partial charge in [-0.15, -0.1) is 11.3 Å². The second-order valence-corrected chi connectivity index (χ2v) is 9.44. The van der Waals surface area contributed by atoms with Gasteiger partial charge >= 0.3 is 0 Å². The molecule has 136 valence electrons. The number of aromatic nitrogens is 2. The minimum atomic E-state index is -0.0426. The first kappa shape index (κ1) is 16.4. The van der Waals surface area contributed by atoms with E-state index in [1.165, 1.54) is 19.3 Å². The standard InChI is InChI=1S/C21H25N3OS/c25-20(21-10-14-7-15(11-21)9-16(8-14)12-21)23-6-3-18-13-26-19(24-18)17-1-4-22-5-2-17/h1-2,4-5,13-16H,3,6-12H2,(H,23,25). The Bertz CT molecular complexity index is 765. The van der Waals surface area contributed by atoms with E-state index in [9.17, 15) is 4.79 Å². The number of hydrogen-bond acceptors (Lipinski definition) is 4.